The van der Waals surface area contributed by atoms with Gasteiger partial charge in [-0.15, -0.1) is 0 Å². The van der Waals surface area contributed by atoms with Gasteiger partial charge in [-0.05, 0) is 30.5 Å². The van der Waals surface area contributed by atoms with E-state index >= 15 is 0 Å². The Balaban J connectivity index is 1.99. The monoisotopic (exact) mass is 400 g/mol. The van der Waals surface area contributed by atoms with E-state index in [0.717, 1.165) is 11.1 Å². The second-order valence-corrected chi connectivity index (χ2v) is 7.79. The second-order valence-electron chi connectivity index (χ2n) is 7.79. The molecule has 0 bridgehead atoms. The van der Waals surface area contributed by atoms with Crippen LogP contribution in [0, 0.1) is 5.92 Å². The van der Waals surface area contributed by atoms with Crippen molar-refractivity contribution in [3.05, 3.63) is 30.6 Å². The minimum atomic E-state index is -1.03. The van der Waals surface area contributed by atoms with Crippen LogP contribution in [0.2, 0.25) is 0 Å². The fourth-order valence-electron chi connectivity index (χ4n) is 3.63. The highest BCUT2D eigenvalue weighted by Crippen LogP contribution is 2.39. The molecule has 2 heterocycles. The van der Waals surface area contributed by atoms with Gasteiger partial charge in [-0.1, -0.05) is 19.9 Å². The number of hydrogen-bond donors (Lipinski definition) is 1. The van der Waals surface area contributed by atoms with Crippen LogP contribution in [0.15, 0.2) is 30.6 Å². The first-order chi connectivity index (χ1) is 13.8. The molecule has 0 spiro atoms. The zero-order valence-electron chi connectivity index (χ0n) is 17.3. The molecular weight excluding hydrogens is 372 g/mol. The Labute approximate surface area is 170 Å². The van der Waals surface area contributed by atoms with E-state index in [1.54, 1.807) is 22.9 Å². The van der Waals surface area contributed by atoms with Crippen LogP contribution in [0.5, 0.6) is 0 Å². The first-order valence-corrected chi connectivity index (χ1v) is 9.80. The third-order valence-corrected chi connectivity index (χ3v) is 4.99. The molecule has 1 atom stereocenters. The molecule has 0 aliphatic carbocycles. The molecule has 8 nitrogen and oxygen atoms in total. The van der Waals surface area contributed by atoms with Crippen LogP contribution >= 0.6 is 0 Å². The number of carbonyl (C=O) groups excluding carboxylic acids is 1. The summed E-state index contributed by atoms with van der Waals surface area (Å²) in [5, 5.41) is 14.1. The maximum absolute atomic E-state index is 12.9. The third kappa shape index (κ3) is 4.42. The van der Waals surface area contributed by atoms with E-state index in [4.69, 9.17) is 4.74 Å². The smallest absolute Gasteiger partial charge is 0.411 e. The number of amides is 2. The number of ether oxygens (including phenoxy) is 1. The van der Waals surface area contributed by atoms with Crippen molar-refractivity contribution in [1.82, 2.24) is 9.78 Å². The first-order valence-electron chi connectivity index (χ1n) is 9.80. The summed E-state index contributed by atoms with van der Waals surface area (Å²) in [5.74, 6) is 0.242. The molecule has 1 aromatic heterocycles. The number of carboxylic acid groups (broad SMARTS) is 1. The van der Waals surface area contributed by atoms with Crippen LogP contribution in [0.1, 0.15) is 27.2 Å². The lowest BCUT2D eigenvalue weighted by Gasteiger charge is -2.40. The van der Waals surface area contributed by atoms with Gasteiger partial charge in [0.25, 0.3) is 0 Å². The summed E-state index contributed by atoms with van der Waals surface area (Å²) in [4.78, 5) is 27.8. The summed E-state index contributed by atoms with van der Waals surface area (Å²) in [6, 6.07) is 5.33. The van der Waals surface area contributed by atoms with Crippen molar-refractivity contribution in [2.24, 2.45) is 5.92 Å². The molecular formula is C21H28N4O4. The van der Waals surface area contributed by atoms with E-state index in [1.165, 1.54) is 4.90 Å². The molecule has 0 saturated carbocycles. The number of anilines is 2. The quantitative estimate of drug-likeness (QED) is 0.802. The van der Waals surface area contributed by atoms with Crippen LogP contribution < -0.4 is 9.80 Å². The number of hydrogen-bond acceptors (Lipinski definition) is 4. The average molecular weight is 400 g/mol. The molecule has 0 unspecified atom stereocenters. The van der Waals surface area contributed by atoms with Crippen LogP contribution in [-0.2, 0) is 16.1 Å². The Kier molecular flexibility index (Phi) is 6.22. The highest BCUT2D eigenvalue weighted by molar-refractivity contribution is 6.03. The van der Waals surface area contributed by atoms with Gasteiger partial charge in [0.1, 0.15) is 0 Å². The maximum atomic E-state index is 12.9. The molecule has 0 saturated heterocycles. The van der Waals surface area contributed by atoms with Gasteiger partial charge in [-0.2, -0.15) is 5.10 Å². The number of carbonyl (C=O) groups is 2. The van der Waals surface area contributed by atoms with Gasteiger partial charge in [0.05, 0.1) is 36.8 Å². The average Bonchev–Trinajstić information content (AvgIpc) is 3.13. The number of rotatable bonds is 6. The summed E-state index contributed by atoms with van der Waals surface area (Å²) in [6.45, 7) is 7.32. The molecule has 29 heavy (non-hydrogen) atoms. The van der Waals surface area contributed by atoms with E-state index in [-0.39, 0.29) is 24.4 Å². The highest BCUT2D eigenvalue weighted by Gasteiger charge is 2.35. The zero-order valence-corrected chi connectivity index (χ0v) is 17.3. The standard InChI is InChI=1S/C21H28N4O4/c1-14(2)9-20(26)25-15(3)12-24(21(27)28)19-10-16(5-6-18(19)25)17-11-22-23(13-17)7-8-29-4/h5-6,10-11,13-15H,7-9,12H2,1-4H3,(H,27,28)/t15-/m0/s1. The molecule has 2 aromatic rings. The number of benzene rings is 1. The molecule has 1 aromatic carbocycles. The molecule has 8 heteroatoms. The molecule has 156 valence electrons. The van der Waals surface area contributed by atoms with Gasteiger partial charge in [0.15, 0.2) is 0 Å². The van der Waals surface area contributed by atoms with Crippen molar-refractivity contribution in [1.29, 1.82) is 0 Å². The van der Waals surface area contributed by atoms with E-state index in [2.05, 4.69) is 5.10 Å². The van der Waals surface area contributed by atoms with E-state index in [9.17, 15) is 14.7 Å². The number of nitrogens with zero attached hydrogens (tertiary/aromatic N) is 4. The summed E-state index contributed by atoms with van der Waals surface area (Å²) in [5.41, 5.74) is 2.89. The minimum Gasteiger partial charge on any atom is -0.465 e. The minimum absolute atomic E-state index is 0.0129. The molecule has 0 radical (unpaired) electrons. The predicted octanol–water partition coefficient (Wildman–Crippen LogP) is 3.46. The summed E-state index contributed by atoms with van der Waals surface area (Å²) in [7, 11) is 1.64. The van der Waals surface area contributed by atoms with Crippen molar-refractivity contribution in [3.63, 3.8) is 0 Å². The van der Waals surface area contributed by atoms with Crippen LogP contribution in [0.25, 0.3) is 11.1 Å². The molecule has 1 aliphatic heterocycles. The van der Waals surface area contributed by atoms with Gasteiger partial charge in [-0.3, -0.25) is 14.4 Å². The Morgan fingerprint density at radius 2 is 2.03 bits per heavy atom. The van der Waals surface area contributed by atoms with E-state index < -0.39 is 6.09 Å². The third-order valence-electron chi connectivity index (χ3n) is 4.99. The van der Waals surface area contributed by atoms with Crippen molar-refractivity contribution in [2.75, 3.05) is 30.1 Å². The normalized spacial score (nSPS) is 16.2. The first kappa shape index (κ1) is 20.9. The van der Waals surface area contributed by atoms with Gasteiger partial charge in [-0.25, -0.2) is 4.79 Å². The summed E-state index contributed by atoms with van der Waals surface area (Å²) < 4.78 is 6.86. The highest BCUT2D eigenvalue weighted by atomic mass is 16.5. The molecule has 1 aliphatic rings. The molecule has 2 amide bonds. The van der Waals surface area contributed by atoms with Crippen molar-refractivity contribution < 1.29 is 19.4 Å². The fourth-order valence-corrected chi connectivity index (χ4v) is 3.63. The van der Waals surface area contributed by atoms with Crippen molar-refractivity contribution in [2.45, 2.75) is 39.8 Å². The Bertz CT molecular complexity index is 893. The van der Waals surface area contributed by atoms with E-state index in [0.29, 0.717) is 30.9 Å². The van der Waals surface area contributed by atoms with E-state index in [1.807, 2.05) is 45.2 Å². The fraction of sp³-hybridized carbons (Fsp3) is 0.476. The van der Waals surface area contributed by atoms with Crippen molar-refractivity contribution in [3.8, 4) is 11.1 Å². The Morgan fingerprint density at radius 1 is 1.28 bits per heavy atom. The molecule has 3 rings (SSSR count). The number of aromatic nitrogens is 2. The van der Waals surface area contributed by atoms with Gasteiger partial charge < -0.3 is 14.7 Å². The van der Waals surface area contributed by atoms with Crippen LogP contribution in [0.3, 0.4) is 0 Å². The Hall–Kier alpha value is -2.87. The molecule has 1 N–H and O–H groups in total. The number of fused-ring (bicyclic) bond motifs is 1. The SMILES string of the molecule is COCCn1cc(-c2ccc3c(c2)N(C(=O)O)C[C@H](C)N3C(=O)CC(C)C)cn1. The van der Waals surface area contributed by atoms with Gasteiger partial charge in [0, 0.05) is 31.8 Å². The van der Waals surface area contributed by atoms with Crippen LogP contribution in [0.4, 0.5) is 16.2 Å². The Morgan fingerprint density at radius 3 is 2.69 bits per heavy atom. The van der Waals surface area contributed by atoms with Gasteiger partial charge in [0.2, 0.25) is 5.91 Å². The topological polar surface area (TPSA) is 87.9 Å². The second kappa shape index (κ2) is 8.65. The maximum Gasteiger partial charge on any atom is 0.411 e. The van der Waals surface area contributed by atoms with Crippen LogP contribution in [-0.4, -0.2) is 53.2 Å². The lowest BCUT2D eigenvalue weighted by atomic mass is 10.0. The summed E-state index contributed by atoms with van der Waals surface area (Å²) in [6.07, 6.45) is 3.04. The predicted molar refractivity (Wildman–Crippen MR) is 111 cm³/mol. The summed E-state index contributed by atoms with van der Waals surface area (Å²) >= 11 is 0. The number of methoxy groups -OCH3 is 1. The lowest BCUT2D eigenvalue weighted by molar-refractivity contribution is -0.119. The van der Waals surface area contributed by atoms with Gasteiger partial charge >= 0.3 is 6.09 Å². The molecule has 0 fully saturated rings. The zero-order chi connectivity index (χ0) is 21.1. The largest absolute Gasteiger partial charge is 0.465 e. The lowest BCUT2D eigenvalue weighted by Crippen LogP contribution is -2.51. The van der Waals surface area contributed by atoms with Crippen molar-refractivity contribution >= 4 is 23.4 Å².